The van der Waals surface area contributed by atoms with Gasteiger partial charge in [-0.3, -0.25) is 4.79 Å². The molecule has 1 rings (SSSR count). The minimum atomic E-state index is -0.0867. The molecule has 118 valence electrons. The highest BCUT2D eigenvalue weighted by Crippen LogP contribution is 2.05. The van der Waals surface area contributed by atoms with Gasteiger partial charge in [0.1, 0.15) is 6.61 Å². The van der Waals surface area contributed by atoms with Crippen molar-refractivity contribution in [2.24, 2.45) is 0 Å². The van der Waals surface area contributed by atoms with E-state index in [9.17, 15) is 4.79 Å². The molecule has 0 atom stereocenters. The van der Waals surface area contributed by atoms with Crippen LogP contribution in [0.2, 0.25) is 0 Å². The molecule has 0 radical (unpaired) electrons. The summed E-state index contributed by atoms with van der Waals surface area (Å²) in [6.07, 6.45) is 4.90. The number of unbranched alkanes of at least 4 members (excludes halogenated alkanes) is 1. The molecule has 1 aromatic carbocycles. The molecule has 3 nitrogen and oxygen atoms in total. The number of hydrogen-bond acceptors (Lipinski definition) is 3. The minimum Gasteiger partial charge on any atom is -0.461 e. The van der Waals surface area contributed by atoms with E-state index in [0.29, 0.717) is 13.0 Å². The van der Waals surface area contributed by atoms with Gasteiger partial charge >= 0.3 is 5.97 Å². The van der Waals surface area contributed by atoms with Crippen LogP contribution in [0.15, 0.2) is 30.3 Å². The summed E-state index contributed by atoms with van der Waals surface area (Å²) in [4.78, 5) is 14.2. The molecule has 0 saturated heterocycles. The lowest BCUT2D eigenvalue weighted by Crippen LogP contribution is -2.26. The largest absolute Gasteiger partial charge is 0.461 e. The van der Waals surface area contributed by atoms with Gasteiger partial charge in [0.15, 0.2) is 0 Å². The summed E-state index contributed by atoms with van der Waals surface area (Å²) in [6.45, 7) is 8.22. The van der Waals surface area contributed by atoms with Crippen LogP contribution >= 0.6 is 0 Å². The Bertz CT molecular complexity index is 372. The maximum absolute atomic E-state index is 11.7. The predicted molar refractivity (Wildman–Crippen MR) is 87.1 cm³/mol. The van der Waals surface area contributed by atoms with Gasteiger partial charge in [-0.15, -0.1) is 0 Å². The average Bonchev–Trinajstić information content (AvgIpc) is 2.51. The van der Waals surface area contributed by atoms with Crippen molar-refractivity contribution in [3.05, 3.63) is 35.9 Å². The van der Waals surface area contributed by atoms with Crippen LogP contribution in [0.25, 0.3) is 0 Å². The molecule has 0 amide bonds. The van der Waals surface area contributed by atoms with Crippen molar-refractivity contribution in [3.8, 4) is 0 Å². The van der Waals surface area contributed by atoms with Crippen molar-refractivity contribution in [3.63, 3.8) is 0 Å². The van der Waals surface area contributed by atoms with Gasteiger partial charge < -0.3 is 9.64 Å². The van der Waals surface area contributed by atoms with Gasteiger partial charge in [-0.2, -0.15) is 0 Å². The Hall–Kier alpha value is -1.35. The smallest absolute Gasteiger partial charge is 0.306 e. The zero-order valence-electron chi connectivity index (χ0n) is 13.5. The molecule has 0 spiro atoms. The SMILES string of the molecule is CCCN(CCC)CCCCC(=O)OCc1ccccc1. The van der Waals surface area contributed by atoms with Crippen LogP contribution < -0.4 is 0 Å². The Labute approximate surface area is 129 Å². The van der Waals surface area contributed by atoms with Crippen molar-refractivity contribution in [2.45, 2.75) is 52.6 Å². The number of ether oxygens (including phenoxy) is 1. The summed E-state index contributed by atoms with van der Waals surface area (Å²) in [5.74, 6) is -0.0867. The van der Waals surface area contributed by atoms with Crippen LogP contribution in [-0.4, -0.2) is 30.5 Å². The van der Waals surface area contributed by atoms with E-state index in [0.717, 1.165) is 38.0 Å². The van der Waals surface area contributed by atoms with Crippen LogP contribution in [0.3, 0.4) is 0 Å². The number of carbonyl (C=O) groups excluding carboxylic acids is 1. The number of hydrogen-bond donors (Lipinski definition) is 0. The average molecular weight is 291 g/mol. The molecule has 0 bridgehead atoms. The summed E-state index contributed by atoms with van der Waals surface area (Å²) in [7, 11) is 0. The van der Waals surface area contributed by atoms with E-state index >= 15 is 0 Å². The van der Waals surface area contributed by atoms with E-state index in [2.05, 4.69) is 18.7 Å². The second-order valence-corrected chi connectivity index (χ2v) is 5.45. The monoisotopic (exact) mass is 291 g/mol. The maximum Gasteiger partial charge on any atom is 0.306 e. The van der Waals surface area contributed by atoms with Gasteiger partial charge in [0.25, 0.3) is 0 Å². The van der Waals surface area contributed by atoms with E-state index in [1.807, 2.05) is 30.3 Å². The second-order valence-electron chi connectivity index (χ2n) is 5.45. The van der Waals surface area contributed by atoms with Crippen LogP contribution in [0.5, 0.6) is 0 Å². The lowest BCUT2D eigenvalue weighted by molar-refractivity contribution is -0.145. The van der Waals surface area contributed by atoms with E-state index in [1.54, 1.807) is 0 Å². The minimum absolute atomic E-state index is 0.0867. The lowest BCUT2D eigenvalue weighted by atomic mass is 10.2. The Kier molecular flexibility index (Phi) is 9.55. The topological polar surface area (TPSA) is 29.5 Å². The zero-order chi connectivity index (χ0) is 15.3. The first kappa shape index (κ1) is 17.7. The Morgan fingerprint density at radius 3 is 2.29 bits per heavy atom. The first-order chi connectivity index (χ1) is 10.3. The van der Waals surface area contributed by atoms with Crippen LogP contribution in [0.1, 0.15) is 51.5 Å². The molecule has 21 heavy (non-hydrogen) atoms. The van der Waals surface area contributed by atoms with Crippen molar-refractivity contribution < 1.29 is 9.53 Å². The molecule has 1 aromatic rings. The zero-order valence-corrected chi connectivity index (χ0v) is 13.5. The Morgan fingerprint density at radius 2 is 1.67 bits per heavy atom. The number of carbonyl (C=O) groups is 1. The van der Waals surface area contributed by atoms with Gasteiger partial charge in [-0.25, -0.2) is 0 Å². The highest BCUT2D eigenvalue weighted by atomic mass is 16.5. The predicted octanol–water partition coefficient (Wildman–Crippen LogP) is 4.02. The molecular weight excluding hydrogens is 262 g/mol. The van der Waals surface area contributed by atoms with Crippen molar-refractivity contribution in [1.82, 2.24) is 4.90 Å². The number of rotatable bonds is 11. The summed E-state index contributed by atoms with van der Waals surface area (Å²) in [5, 5.41) is 0. The fourth-order valence-electron chi connectivity index (χ4n) is 2.38. The molecular formula is C18H29NO2. The first-order valence-corrected chi connectivity index (χ1v) is 8.18. The quantitative estimate of drug-likeness (QED) is 0.455. The van der Waals surface area contributed by atoms with Gasteiger partial charge in [0.2, 0.25) is 0 Å². The number of nitrogens with zero attached hydrogens (tertiary/aromatic N) is 1. The molecule has 0 aliphatic rings. The van der Waals surface area contributed by atoms with E-state index in [-0.39, 0.29) is 5.97 Å². The molecule has 0 aliphatic heterocycles. The third-order valence-corrected chi connectivity index (χ3v) is 3.43. The van der Waals surface area contributed by atoms with Crippen molar-refractivity contribution in [1.29, 1.82) is 0 Å². The molecule has 3 heteroatoms. The molecule has 0 fully saturated rings. The van der Waals surface area contributed by atoms with Gasteiger partial charge in [-0.05, 0) is 50.9 Å². The third kappa shape index (κ3) is 8.51. The normalized spacial score (nSPS) is 10.8. The van der Waals surface area contributed by atoms with Crippen LogP contribution in [0, 0.1) is 0 Å². The summed E-state index contributed by atoms with van der Waals surface area (Å²) < 4.78 is 5.28. The van der Waals surface area contributed by atoms with E-state index in [4.69, 9.17) is 4.74 Å². The molecule has 0 unspecified atom stereocenters. The van der Waals surface area contributed by atoms with Gasteiger partial charge in [0, 0.05) is 6.42 Å². The molecule has 0 heterocycles. The molecule has 0 N–H and O–H groups in total. The van der Waals surface area contributed by atoms with Crippen LogP contribution in [-0.2, 0) is 16.1 Å². The highest BCUT2D eigenvalue weighted by molar-refractivity contribution is 5.69. The Morgan fingerprint density at radius 1 is 1.00 bits per heavy atom. The summed E-state index contributed by atoms with van der Waals surface area (Å²) in [6, 6.07) is 9.82. The number of benzene rings is 1. The molecule has 0 aliphatic carbocycles. The van der Waals surface area contributed by atoms with Gasteiger partial charge in [0.05, 0.1) is 0 Å². The van der Waals surface area contributed by atoms with Crippen molar-refractivity contribution >= 4 is 5.97 Å². The first-order valence-electron chi connectivity index (χ1n) is 8.18. The second kappa shape index (κ2) is 11.3. The summed E-state index contributed by atoms with van der Waals surface area (Å²) in [5.41, 5.74) is 1.04. The van der Waals surface area contributed by atoms with Crippen LogP contribution in [0.4, 0.5) is 0 Å². The molecule has 0 saturated carbocycles. The highest BCUT2D eigenvalue weighted by Gasteiger charge is 2.05. The fraction of sp³-hybridized carbons (Fsp3) is 0.611. The van der Waals surface area contributed by atoms with E-state index < -0.39 is 0 Å². The fourth-order valence-corrected chi connectivity index (χ4v) is 2.38. The van der Waals surface area contributed by atoms with Gasteiger partial charge in [-0.1, -0.05) is 44.2 Å². The summed E-state index contributed by atoms with van der Waals surface area (Å²) >= 11 is 0. The lowest BCUT2D eigenvalue weighted by Gasteiger charge is -2.20. The third-order valence-electron chi connectivity index (χ3n) is 3.43. The standard InChI is InChI=1S/C18H29NO2/c1-3-13-19(14-4-2)15-9-8-12-18(20)21-16-17-10-6-5-7-11-17/h5-7,10-11H,3-4,8-9,12-16H2,1-2H3. The maximum atomic E-state index is 11.7. The Balaban J connectivity index is 2.10. The molecule has 0 aromatic heterocycles. The van der Waals surface area contributed by atoms with E-state index in [1.165, 1.54) is 12.8 Å². The van der Waals surface area contributed by atoms with Crippen molar-refractivity contribution in [2.75, 3.05) is 19.6 Å². The number of esters is 1.